The number of carbonyl (C=O) groups excluding carboxylic acids is 2. The van der Waals surface area contributed by atoms with Crippen LogP contribution in [-0.4, -0.2) is 21.9 Å². The Bertz CT molecular complexity index is 865. The van der Waals surface area contributed by atoms with Gasteiger partial charge in [0, 0.05) is 24.1 Å². The Morgan fingerprint density at radius 3 is 2.69 bits per heavy atom. The zero-order chi connectivity index (χ0) is 18.6. The molecule has 5 nitrogen and oxygen atoms in total. The smallest absolute Gasteiger partial charge is 0.274 e. The minimum absolute atomic E-state index is 0.221. The Kier molecular flexibility index (Phi) is 5.66. The van der Waals surface area contributed by atoms with E-state index in [-0.39, 0.29) is 17.6 Å². The van der Waals surface area contributed by atoms with Crippen LogP contribution in [0, 0.1) is 5.82 Å². The van der Waals surface area contributed by atoms with Crippen LogP contribution >= 0.6 is 11.3 Å². The van der Waals surface area contributed by atoms with Crippen molar-refractivity contribution in [1.29, 1.82) is 0 Å². The highest BCUT2D eigenvalue weighted by Crippen LogP contribution is 2.29. The van der Waals surface area contributed by atoms with Gasteiger partial charge in [-0.3, -0.25) is 9.59 Å². The molecule has 0 atom stereocenters. The number of hydrogen-bond acceptors (Lipinski definition) is 3. The molecule has 138 valence electrons. The van der Waals surface area contributed by atoms with Crippen molar-refractivity contribution >= 4 is 23.2 Å². The lowest BCUT2D eigenvalue weighted by Gasteiger charge is -2.34. The Morgan fingerprint density at radius 1 is 1.27 bits per heavy atom. The van der Waals surface area contributed by atoms with Crippen molar-refractivity contribution in [3.8, 4) is 0 Å². The van der Waals surface area contributed by atoms with Crippen molar-refractivity contribution in [2.75, 3.05) is 0 Å². The molecule has 3 rings (SSSR count). The molecule has 0 aliphatic heterocycles. The third-order valence-electron chi connectivity index (χ3n) is 4.69. The topological polar surface area (TPSA) is 63.5 Å². The van der Waals surface area contributed by atoms with Crippen molar-refractivity contribution < 1.29 is 14.0 Å². The van der Waals surface area contributed by atoms with Gasteiger partial charge in [-0.1, -0.05) is 37.5 Å². The summed E-state index contributed by atoms with van der Waals surface area (Å²) in [4.78, 5) is 29.4. The number of halogens is 1. The molecule has 1 saturated carbocycles. The summed E-state index contributed by atoms with van der Waals surface area (Å²) < 4.78 is 15.7. The average molecular weight is 375 g/mol. The Balaban J connectivity index is 1.90. The molecule has 2 amide bonds. The van der Waals surface area contributed by atoms with Gasteiger partial charge < -0.3 is 9.88 Å². The summed E-state index contributed by atoms with van der Waals surface area (Å²) in [6, 6.07) is 6.55. The quantitative estimate of drug-likeness (QED) is 0.893. The fourth-order valence-electron chi connectivity index (χ4n) is 3.40. The lowest BCUT2D eigenvalue weighted by molar-refractivity contribution is -0.132. The second kappa shape index (κ2) is 7.95. The monoisotopic (exact) mass is 375 g/mol. The van der Waals surface area contributed by atoms with Crippen LogP contribution in [0.4, 0.5) is 4.39 Å². The summed E-state index contributed by atoms with van der Waals surface area (Å²) in [5.41, 5.74) is -0.377. The first-order valence-corrected chi connectivity index (χ1v) is 9.63. The number of amides is 2. The molecule has 26 heavy (non-hydrogen) atoms. The van der Waals surface area contributed by atoms with Gasteiger partial charge in [0.15, 0.2) is 4.80 Å². The van der Waals surface area contributed by atoms with Crippen LogP contribution in [0.1, 0.15) is 44.6 Å². The SMILES string of the molecule is CC(=O)NC1(C(=O)N=c2sccn2Cc2ccccc2F)CCCCC1. The van der Waals surface area contributed by atoms with Crippen molar-refractivity contribution in [3.63, 3.8) is 0 Å². The molecule has 1 aliphatic carbocycles. The third-order valence-corrected chi connectivity index (χ3v) is 5.48. The number of nitrogens with zero attached hydrogens (tertiary/aromatic N) is 2. The van der Waals surface area contributed by atoms with Crippen molar-refractivity contribution in [2.45, 2.75) is 51.1 Å². The number of hydrogen-bond donors (Lipinski definition) is 1. The molecule has 0 radical (unpaired) electrons. The largest absolute Gasteiger partial charge is 0.342 e. The summed E-state index contributed by atoms with van der Waals surface area (Å²) >= 11 is 1.32. The van der Waals surface area contributed by atoms with Gasteiger partial charge >= 0.3 is 0 Å². The molecule has 1 heterocycles. The number of nitrogens with one attached hydrogen (secondary N) is 1. The molecular formula is C19H22FN3O2S. The summed E-state index contributed by atoms with van der Waals surface area (Å²) in [5.74, 6) is -0.830. The molecule has 1 N–H and O–H groups in total. The first-order chi connectivity index (χ1) is 12.5. The van der Waals surface area contributed by atoms with E-state index in [2.05, 4.69) is 10.3 Å². The normalized spacial score (nSPS) is 17.1. The lowest BCUT2D eigenvalue weighted by atomic mass is 9.81. The molecule has 0 bridgehead atoms. The first kappa shape index (κ1) is 18.5. The van der Waals surface area contributed by atoms with Gasteiger partial charge in [-0.15, -0.1) is 11.3 Å². The molecule has 1 aliphatic rings. The van der Waals surface area contributed by atoms with Gasteiger partial charge in [-0.2, -0.15) is 4.99 Å². The van der Waals surface area contributed by atoms with E-state index in [1.165, 1.54) is 24.3 Å². The van der Waals surface area contributed by atoms with Crippen LogP contribution in [0.5, 0.6) is 0 Å². The third kappa shape index (κ3) is 4.09. The fraction of sp³-hybridized carbons (Fsp3) is 0.421. The maximum atomic E-state index is 13.9. The van der Waals surface area contributed by atoms with Crippen LogP contribution in [0.2, 0.25) is 0 Å². The number of thiazole rings is 1. The van der Waals surface area contributed by atoms with E-state index >= 15 is 0 Å². The van der Waals surface area contributed by atoms with Gasteiger partial charge in [0.1, 0.15) is 11.4 Å². The standard InChI is InChI=1S/C19H22FN3O2S/c1-14(24)22-19(9-5-2-6-10-19)17(25)21-18-23(11-12-26-18)13-15-7-3-4-8-16(15)20/h3-4,7-8,11-12H,2,5-6,9-10,13H2,1H3,(H,22,24). The van der Waals surface area contributed by atoms with E-state index in [4.69, 9.17) is 0 Å². The zero-order valence-corrected chi connectivity index (χ0v) is 15.5. The van der Waals surface area contributed by atoms with Gasteiger partial charge in [0.25, 0.3) is 5.91 Å². The zero-order valence-electron chi connectivity index (χ0n) is 14.7. The minimum Gasteiger partial charge on any atom is -0.342 e. The molecule has 1 aromatic carbocycles. The first-order valence-electron chi connectivity index (χ1n) is 8.75. The van der Waals surface area contributed by atoms with Crippen LogP contribution in [0.15, 0.2) is 40.8 Å². The van der Waals surface area contributed by atoms with Crippen molar-refractivity contribution in [3.05, 3.63) is 52.0 Å². The van der Waals surface area contributed by atoms with Crippen LogP contribution < -0.4 is 10.1 Å². The van der Waals surface area contributed by atoms with Gasteiger partial charge in [-0.25, -0.2) is 4.39 Å². The van der Waals surface area contributed by atoms with Crippen molar-refractivity contribution in [1.82, 2.24) is 9.88 Å². The Hall–Kier alpha value is -2.28. The molecule has 2 aromatic rings. The summed E-state index contributed by atoms with van der Waals surface area (Å²) in [6.07, 6.45) is 5.83. The predicted octanol–water partition coefficient (Wildman–Crippen LogP) is 3.00. The maximum absolute atomic E-state index is 13.9. The molecule has 0 unspecified atom stereocenters. The average Bonchev–Trinajstić information content (AvgIpc) is 3.04. The number of aromatic nitrogens is 1. The highest BCUT2D eigenvalue weighted by Gasteiger charge is 2.40. The number of rotatable bonds is 4. The lowest BCUT2D eigenvalue weighted by Crippen LogP contribution is -2.54. The molecule has 1 fully saturated rings. The second-order valence-electron chi connectivity index (χ2n) is 6.65. The van der Waals surface area contributed by atoms with E-state index in [9.17, 15) is 14.0 Å². The van der Waals surface area contributed by atoms with Crippen LogP contribution in [0.3, 0.4) is 0 Å². The van der Waals surface area contributed by atoms with Crippen LogP contribution in [-0.2, 0) is 16.1 Å². The molecule has 0 spiro atoms. The fourth-order valence-corrected chi connectivity index (χ4v) is 4.12. The maximum Gasteiger partial charge on any atom is 0.274 e. The highest BCUT2D eigenvalue weighted by atomic mass is 32.1. The predicted molar refractivity (Wildman–Crippen MR) is 98.0 cm³/mol. The van der Waals surface area contributed by atoms with E-state index in [1.807, 2.05) is 5.38 Å². The number of benzene rings is 1. The number of carbonyl (C=O) groups is 2. The van der Waals surface area contributed by atoms with Gasteiger partial charge in [0.2, 0.25) is 5.91 Å². The second-order valence-corrected chi connectivity index (χ2v) is 7.52. The van der Waals surface area contributed by atoms with E-state index in [0.29, 0.717) is 29.8 Å². The van der Waals surface area contributed by atoms with Gasteiger partial charge in [-0.05, 0) is 18.9 Å². The van der Waals surface area contributed by atoms with Crippen LogP contribution in [0.25, 0.3) is 0 Å². The molecule has 1 aromatic heterocycles. The molecule has 0 saturated heterocycles. The highest BCUT2D eigenvalue weighted by molar-refractivity contribution is 7.07. The molecule has 7 heteroatoms. The van der Waals surface area contributed by atoms with E-state index < -0.39 is 5.54 Å². The Morgan fingerprint density at radius 2 is 2.00 bits per heavy atom. The Labute approximate surface area is 155 Å². The van der Waals surface area contributed by atoms with Gasteiger partial charge in [0.05, 0.1) is 6.54 Å². The summed E-state index contributed by atoms with van der Waals surface area (Å²) in [5, 5.41) is 4.66. The van der Waals surface area contributed by atoms with E-state index in [1.54, 1.807) is 29.0 Å². The van der Waals surface area contributed by atoms with Crippen molar-refractivity contribution in [2.24, 2.45) is 4.99 Å². The minimum atomic E-state index is -0.913. The van der Waals surface area contributed by atoms with E-state index in [0.717, 1.165) is 19.3 Å². The molecular weight excluding hydrogens is 353 g/mol. The summed E-state index contributed by atoms with van der Waals surface area (Å²) in [6.45, 7) is 1.72. The summed E-state index contributed by atoms with van der Waals surface area (Å²) in [7, 11) is 0.